The Morgan fingerprint density at radius 1 is 1.17 bits per heavy atom. The van der Waals surface area contributed by atoms with Crippen LogP contribution in [0.3, 0.4) is 0 Å². The third kappa shape index (κ3) is 2.56. The molecule has 0 N–H and O–H groups in total. The van der Waals surface area contributed by atoms with Crippen LogP contribution in [0.15, 0.2) is 54.7 Å². The number of nitro benzene ring substituents is 1. The second kappa shape index (κ2) is 5.73. The van der Waals surface area contributed by atoms with Crippen LogP contribution >= 0.6 is 0 Å². The Bertz CT molecular complexity index is 850. The minimum atomic E-state index is -0.723. The number of carbonyl (C=O) groups is 1. The number of hydrogen-bond donors (Lipinski definition) is 0. The molecule has 6 heteroatoms. The maximum Gasteiger partial charge on any atom is 0.269 e. The summed E-state index contributed by atoms with van der Waals surface area (Å²) in [6.07, 6.45) is 3.34. The lowest BCUT2D eigenvalue weighted by Crippen LogP contribution is -2.31. The fourth-order valence-electron chi connectivity index (χ4n) is 2.50. The molecule has 1 aliphatic rings. The summed E-state index contributed by atoms with van der Waals surface area (Å²) in [7, 11) is 0. The van der Waals surface area contributed by atoms with Gasteiger partial charge in [0.1, 0.15) is 6.04 Å². The van der Waals surface area contributed by atoms with E-state index >= 15 is 0 Å². The highest BCUT2D eigenvalue weighted by atomic mass is 16.6. The molecule has 0 fully saturated rings. The Morgan fingerprint density at radius 3 is 2.52 bits per heavy atom. The Labute approximate surface area is 132 Å². The number of rotatable bonds is 2. The molecule has 1 amide bonds. The average Bonchev–Trinajstić information content (AvgIpc) is 2.60. The number of carbonyl (C=O) groups excluding carboxylic acids is 1. The van der Waals surface area contributed by atoms with E-state index in [-0.39, 0.29) is 11.6 Å². The first-order valence-electron chi connectivity index (χ1n) is 6.85. The first-order valence-corrected chi connectivity index (χ1v) is 6.85. The Morgan fingerprint density at radius 2 is 1.87 bits per heavy atom. The van der Waals surface area contributed by atoms with E-state index in [1.54, 1.807) is 12.3 Å². The van der Waals surface area contributed by atoms with Gasteiger partial charge in [-0.15, -0.1) is 0 Å². The minimum Gasteiger partial charge on any atom is -0.294 e. The van der Waals surface area contributed by atoms with E-state index in [2.05, 4.69) is 6.07 Å². The van der Waals surface area contributed by atoms with Crippen LogP contribution in [0.5, 0.6) is 0 Å². The molecule has 0 saturated carbocycles. The van der Waals surface area contributed by atoms with Gasteiger partial charge in [-0.2, -0.15) is 5.26 Å². The first-order chi connectivity index (χ1) is 11.1. The largest absolute Gasteiger partial charge is 0.294 e. The lowest BCUT2D eigenvalue weighted by Gasteiger charge is -2.28. The first kappa shape index (κ1) is 14.5. The van der Waals surface area contributed by atoms with Crippen LogP contribution in [0.4, 0.5) is 5.69 Å². The fraction of sp³-hybridized carbons (Fsp3) is 0.0588. The Balaban J connectivity index is 1.94. The van der Waals surface area contributed by atoms with Gasteiger partial charge in [0, 0.05) is 23.9 Å². The topological polar surface area (TPSA) is 87.2 Å². The van der Waals surface area contributed by atoms with Gasteiger partial charge in [-0.1, -0.05) is 24.3 Å². The highest BCUT2D eigenvalue weighted by Gasteiger charge is 2.28. The third-order valence-corrected chi connectivity index (χ3v) is 3.67. The highest BCUT2D eigenvalue weighted by Crippen LogP contribution is 2.31. The molecule has 1 heterocycles. The number of nitriles is 1. The Hall–Kier alpha value is -3.46. The van der Waals surface area contributed by atoms with Crippen molar-refractivity contribution in [3.05, 3.63) is 81.5 Å². The second-order valence-corrected chi connectivity index (χ2v) is 4.99. The van der Waals surface area contributed by atoms with Crippen molar-refractivity contribution in [2.45, 2.75) is 6.04 Å². The molecule has 0 aliphatic carbocycles. The molecule has 0 bridgehead atoms. The van der Waals surface area contributed by atoms with E-state index in [9.17, 15) is 20.2 Å². The molecule has 1 atom stereocenters. The van der Waals surface area contributed by atoms with Crippen LogP contribution in [0.25, 0.3) is 6.08 Å². The van der Waals surface area contributed by atoms with Crippen LogP contribution in [-0.2, 0) is 0 Å². The molecular weight excluding hydrogens is 294 g/mol. The third-order valence-electron chi connectivity index (χ3n) is 3.67. The van der Waals surface area contributed by atoms with Gasteiger partial charge in [0.05, 0.1) is 11.0 Å². The zero-order valence-corrected chi connectivity index (χ0v) is 11.9. The molecule has 2 aromatic carbocycles. The quantitative estimate of drug-likeness (QED) is 0.629. The minimum absolute atomic E-state index is 0.0853. The summed E-state index contributed by atoms with van der Waals surface area (Å²) < 4.78 is 0. The number of non-ortho nitro benzene ring substituents is 1. The van der Waals surface area contributed by atoms with Crippen LogP contribution < -0.4 is 0 Å². The molecule has 0 radical (unpaired) electrons. The summed E-state index contributed by atoms with van der Waals surface area (Å²) in [5.74, 6) is -0.378. The summed E-state index contributed by atoms with van der Waals surface area (Å²) in [6.45, 7) is 0. The standard InChI is InChI=1S/C17H11N3O3/c18-11-16-15-4-2-1-3-12(15)9-10-19(16)17(21)13-5-7-14(8-6-13)20(22)23/h1-10,16H. The van der Waals surface area contributed by atoms with Gasteiger partial charge in [-0.05, 0) is 29.3 Å². The molecule has 1 unspecified atom stereocenters. The van der Waals surface area contributed by atoms with Gasteiger partial charge < -0.3 is 0 Å². The number of amides is 1. The van der Waals surface area contributed by atoms with Crippen molar-refractivity contribution < 1.29 is 9.72 Å². The zero-order chi connectivity index (χ0) is 16.4. The number of hydrogen-bond acceptors (Lipinski definition) is 4. The van der Waals surface area contributed by atoms with E-state index < -0.39 is 11.0 Å². The maximum absolute atomic E-state index is 12.6. The number of nitro groups is 1. The lowest BCUT2D eigenvalue weighted by molar-refractivity contribution is -0.384. The summed E-state index contributed by atoms with van der Waals surface area (Å²) in [5.41, 5.74) is 1.86. The van der Waals surface area contributed by atoms with Gasteiger partial charge in [0.25, 0.3) is 11.6 Å². The average molecular weight is 305 g/mol. The SMILES string of the molecule is N#CC1c2ccccc2C=CN1C(=O)c1ccc([N+](=O)[O-])cc1. The van der Waals surface area contributed by atoms with Crippen molar-refractivity contribution in [3.63, 3.8) is 0 Å². The molecule has 23 heavy (non-hydrogen) atoms. The number of nitrogens with zero attached hydrogens (tertiary/aromatic N) is 3. The number of fused-ring (bicyclic) bond motifs is 1. The normalized spacial score (nSPS) is 15.6. The molecule has 112 valence electrons. The van der Waals surface area contributed by atoms with E-state index in [0.717, 1.165) is 11.1 Å². The van der Waals surface area contributed by atoms with Crippen LogP contribution in [0.2, 0.25) is 0 Å². The molecule has 6 nitrogen and oxygen atoms in total. The smallest absolute Gasteiger partial charge is 0.269 e. The predicted octanol–water partition coefficient (Wildman–Crippen LogP) is 3.29. The molecular formula is C17H11N3O3. The maximum atomic E-state index is 12.6. The van der Waals surface area contributed by atoms with Gasteiger partial charge in [0.15, 0.2) is 0 Å². The summed E-state index contributed by atoms with van der Waals surface area (Å²) >= 11 is 0. The van der Waals surface area contributed by atoms with Crippen molar-refractivity contribution >= 4 is 17.7 Å². The van der Waals surface area contributed by atoms with Crippen molar-refractivity contribution in [3.8, 4) is 6.07 Å². The van der Waals surface area contributed by atoms with Crippen LogP contribution in [0, 0.1) is 21.4 Å². The van der Waals surface area contributed by atoms with Gasteiger partial charge in [-0.3, -0.25) is 19.8 Å². The summed E-state index contributed by atoms with van der Waals surface area (Å²) in [4.78, 5) is 24.1. The number of benzene rings is 2. The van der Waals surface area contributed by atoms with E-state index in [1.165, 1.54) is 29.2 Å². The fourth-order valence-corrected chi connectivity index (χ4v) is 2.50. The van der Waals surface area contributed by atoms with E-state index in [0.29, 0.717) is 5.56 Å². The van der Waals surface area contributed by atoms with Crippen molar-refractivity contribution in [2.24, 2.45) is 0 Å². The molecule has 0 aromatic heterocycles. The van der Waals surface area contributed by atoms with Crippen molar-refractivity contribution in [2.75, 3.05) is 0 Å². The predicted molar refractivity (Wildman–Crippen MR) is 83.1 cm³/mol. The van der Waals surface area contributed by atoms with E-state index in [4.69, 9.17) is 0 Å². The second-order valence-electron chi connectivity index (χ2n) is 4.99. The zero-order valence-electron chi connectivity index (χ0n) is 11.9. The van der Waals surface area contributed by atoms with Gasteiger partial charge >= 0.3 is 0 Å². The van der Waals surface area contributed by atoms with Crippen LogP contribution in [0.1, 0.15) is 27.5 Å². The van der Waals surface area contributed by atoms with Crippen LogP contribution in [-0.4, -0.2) is 15.7 Å². The molecule has 0 spiro atoms. The molecule has 0 saturated heterocycles. The molecule has 1 aliphatic heterocycles. The van der Waals surface area contributed by atoms with Crippen molar-refractivity contribution in [1.82, 2.24) is 4.90 Å². The van der Waals surface area contributed by atoms with E-state index in [1.807, 2.05) is 24.3 Å². The monoisotopic (exact) mass is 305 g/mol. The molecule has 3 rings (SSSR count). The molecule has 2 aromatic rings. The Kier molecular flexibility index (Phi) is 3.61. The highest BCUT2D eigenvalue weighted by molar-refractivity contribution is 5.96. The van der Waals surface area contributed by atoms with Crippen molar-refractivity contribution in [1.29, 1.82) is 5.26 Å². The van der Waals surface area contributed by atoms with Gasteiger partial charge in [0.2, 0.25) is 0 Å². The summed E-state index contributed by atoms with van der Waals surface area (Å²) in [6, 6.07) is 14.1. The lowest BCUT2D eigenvalue weighted by atomic mass is 9.96. The van der Waals surface area contributed by atoms with Gasteiger partial charge in [-0.25, -0.2) is 0 Å². The summed E-state index contributed by atoms with van der Waals surface area (Å²) in [5, 5.41) is 20.1.